The highest BCUT2D eigenvalue weighted by Gasteiger charge is 2.56. The van der Waals surface area contributed by atoms with Gasteiger partial charge in [0.1, 0.15) is 5.60 Å². The van der Waals surface area contributed by atoms with Crippen LogP contribution in [-0.2, 0) is 9.53 Å². The monoisotopic (exact) mass is 240 g/mol. The van der Waals surface area contributed by atoms with Gasteiger partial charge >= 0.3 is 6.09 Å². The van der Waals surface area contributed by atoms with Crippen molar-refractivity contribution in [2.75, 3.05) is 6.54 Å². The standard InChI is InChI=1S/C12H19NO4/c1-11(2,3)17-10(16)13-5-4-12(13)6-8(7-12)9(14)15/h8H,4-7H2,1-3H3,(H,14,15)/p-1. The summed E-state index contributed by atoms with van der Waals surface area (Å²) in [5, 5.41) is 10.7. The Balaban J connectivity index is 1.92. The van der Waals surface area contributed by atoms with E-state index in [4.69, 9.17) is 4.74 Å². The van der Waals surface area contributed by atoms with Crippen LogP contribution in [0.5, 0.6) is 0 Å². The average Bonchev–Trinajstić information content (AvgIpc) is 1.93. The van der Waals surface area contributed by atoms with E-state index in [1.54, 1.807) is 4.90 Å². The first kappa shape index (κ1) is 12.2. The molecule has 0 aromatic heterocycles. The second kappa shape index (κ2) is 3.62. The number of likely N-dealkylation sites (tertiary alicyclic amines) is 1. The molecular formula is C12H18NO4-. The number of carboxylic acid groups (broad SMARTS) is 1. The van der Waals surface area contributed by atoms with E-state index in [0.717, 1.165) is 6.42 Å². The van der Waals surface area contributed by atoms with Gasteiger partial charge < -0.3 is 19.5 Å². The highest BCUT2D eigenvalue weighted by Crippen LogP contribution is 2.50. The zero-order chi connectivity index (χ0) is 12.8. The summed E-state index contributed by atoms with van der Waals surface area (Å²) in [5.41, 5.74) is -0.765. The van der Waals surface area contributed by atoms with E-state index < -0.39 is 17.5 Å². The molecule has 1 aliphatic carbocycles. The van der Waals surface area contributed by atoms with Crippen LogP contribution in [-0.4, -0.2) is 34.6 Å². The zero-order valence-corrected chi connectivity index (χ0v) is 10.5. The molecule has 2 fully saturated rings. The fraction of sp³-hybridized carbons (Fsp3) is 0.833. The minimum absolute atomic E-state index is 0.257. The second-order valence-corrected chi connectivity index (χ2v) is 6.03. The number of nitrogens with zero attached hydrogens (tertiary/aromatic N) is 1. The van der Waals surface area contributed by atoms with Crippen LogP contribution in [0.2, 0.25) is 0 Å². The summed E-state index contributed by atoms with van der Waals surface area (Å²) in [6.07, 6.45) is 1.56. The van der Waals surface area contributed by atoms with Gasteiger partial charge in [-0.1, -0.05) is 0 Å². The molecule has 1 aliphatic heterocycles. The summed E-state index contributed by atoms with van der Waals surface area (Å²) in [7, 11) is 0. The van der Waals surface area contributed by atoms with E-state index in [0.29, 0.717) is 19.4 Å². The third kappa shape index (κ3) is 2.10. The summed E-state index contributed by atoms with van der Waals surface area (Å²) in [4.78, 5) is 24.2. The van der Waals surface area contributed by atoms with Gasteiger partial charge in [-0.15, -0.1) is 0 Å². The molecule has 0 radical (unpaired) electrons. The van der Waals surface area contributed by atoms with Crippen molar-refractivity contribution in [2.24, 2.45) is 5.92 Å². The molecule has 5 heteroatoms. The van der Waals surface area contributed by atoms with Crippen molar-refractivity contribution >= 4 is 12.1 Å². The lowest BCUT2D eigenvalue weighted by molar-refractivity contribution is -0.319. The Labute approximate surface area is 101 Å². The van der Waals surface area contributed by atoms with Gasteiger partial charge in [-0.2, -0.15) is 0 Å². The van der Waals surface area contributed by atoms with Crippen molar-refractivity contribution in [3.63, 3.8) is 0 Å². The molecule has 2 rings (SSSR count). The first-order valence-corrected chi connectivity index (χ1v) is 5.95. The number of hydrogen-bond acceptors (Lipinski definition) is 4. The summed E-state index contributed by atoms with van der Waals surface area (Å²) in [6, 6.07) is 0. The van der Waals surface area contributed by atoms with E-state index in [1.807, 2.05) is 20.8 Å². The highest BCUT2D eigenvalue weighted by atomic mass is 16.6. The van der Waals surface area contributed by atoms with Crippen LogP contribution >= 0.6 is 0 Å². The lowest BCUT2D eigenvalue weighted by Gasteiger charge is -2.61. The Morgan fingerprint density at radius 1 is 1.35 bits per heavy atom. The first-order chi connectivity index (χ1) is 7.73. The molecule has 0 bridgehead atoms. The van der Waals surface area contributed by atoms with Crippen molar-refractivity contribution in [3.05, 3.63) is 0 Å². The highest BCUT2D eigenvalue weighted by molar-refractivity contribution is 5.74. The maximum atomic E-state index is 11.9. The van der Waals surface area contributed by atoms with Gasteiger partial charge in [0, 0.05) is 24.0 Å². The zero-order valence-electron chi connectivity index (χ0n) is 10.5. The summed E-state index contributed by atoms with van der Waals surface area (Å²) < 4.78 is 5.29. The normalized spacial score (nSPS) is 31.7. The van der Waals surface area contributed by atoms with E-state index >= 15 is 0 Å². The van der Waals surface area contributed by atoms with Crippen molar-refractivity contribution in [1.82, 2.24) is 4.90 Å². The number of ether oxygens (including phenoxy) is 1. The summed E-state index contributed by atoms with van der Waals surface area (Å²) in [5.74, 6) is -1.41. The van der Waals surface area contributed by atoms with Crippen molar-refractivity contribution in [2.45, 2.75) is 51.2 Å². The van der Waals surface area contributed by atoms with Crippen LogP contribution in [0.1, 0.15) is 40.0 Å². The molecule has 5 nitrogen and oxygen atoms in total. The van der Waals surface area contributed by atoms with Gasteiger partial charge in [-0.3, -0.25) is 0 Å². The molecule has 1 spiro atoms. The maximum absolute atomic E-state index is 11.9. The molecular weight excluding hydrogens is 222 g/mol. The molecule has 0 aromatic rings. The molecule has 1 amide bonds. The van der Waals surface area contributed by atoms with Crippen LogP contribution in [0.25, 0.3) is 0 Å². The molecule has 2 aliphatic rings. The number of hydrogen-bond donors (Lipinski definition) is 0. The van der Waals surface area contributed by atoms with Crippen molar-refractivity contribution in [1.29, 1.82) is 0 Å². The van der Waals surface area contributed by atoms with E-state index in [9.17, 15) is 14.7 Å². The molecule has 0 aromatic carbocycles. The van der Waals surface area contributed by atoms with Gasteiger partial charge in [0.25, 0.3) is 0 Å². The van der Waals surface area contributed by atoms with Gasteiger partial charge in [0.2, 0.25) is 0 Å². The molecule has 0 N–H and O–H groups in total. The SMILES string of the molecule is CC(C)(C)OC(=O)N1CCC12CC(C(=O)[O-])C2. The van der Waals surface area contributed by atoms with Crippen LogP contribution < -0.4 is 5.11 Å². The molecule has 1 saturated heterocycles. The Morgan fingerprint density at radius 3 is 2.29 bits per heavy atom. The maximum Gasteiger partial charge on any atom is 0.410 e. The number of carboxylic acids is 1. The quantitative estimate of drug-likeness (QED) is 0.670. The number of carbonyl (C=O) groups excluding carboxylic acids is 2. The first-order valence-electron chi connectivity index (χ1n) is 5.95. The lowest BCUT2D eigenvalue weighted by Crippen LogP contribution is -2.70. The largest absolute Gasteiger partial charge is 0.550 e. The van der Waals surface area contributed by atoms with E-state index in [1.165, 1.54) is 0 Å². The molecule has 17 heavy (non-hydrogen) atoms. The number of aliphatic carboxylic acids is 1. The average molecular weight is 240 g/mol. The van der Waals surface area contributed by atoms with Crippen molar-refractivity contribution < 1.29 is 19.4 Å². The van der Waals surface area contributed by atoms with E-state index in [2.05, 4.69) is 0 Å². The van der Waals surface area contributed by atoms with Gasteiger partial charge in [0.05, 0.1) is 0 Å². The van der Waals surface area contributed by atoms with Gasteiger partial charge in [0.15, 0.2) is 0 Å². The molecule has 96 valence electrons. The predicted octanol–water partition coefficient (Wildman–Crippen LogP) is 0.526. The molecule has 0 atom stereocenters. The summed E-state index contributed by atoms with van der Waals surface area (Å²) >= 11 is 0. The van der Waals surface area contributed by atoms with Gasteiger partial charge in [-0.25, -0.2) is 4.79 Å². The Kier molecular flexibility index (Phi) is 2.60. The topological polar surface area (TPSA) is 69.7 Å². The van der Waals surface area contributed by atoms with Crippen LogP contribution in [0.4, 0.5) is 4.79 Å². The Morgan fingerprint density at radius 2 is 1.94 bits per heavy atom. The van der Waals surface area contributed by atoms with Crippen LogP contribution in [0.3, 0.4) is 0 Å². The summed E-state index contributed by atoms with van der Waals surface area (Å²) in [6.45, 7) is 6.13. The minimum Gasteiger partial charge on any atom is -0.550 e. The fourth-order valence-electron chi connectivity index (χ4n) is 2.59. The predicted molar refractivity (Wildman–Crippen MR) is 58.0 cm³/mol. The minimum atomic E-state index is -1.01. The number of carbonyl (C=O) groups is 2. The molecule has 1 saturated carbocycles. The smallest absolute Gasteiger partial charge is 0.410 e. The third-order valence-electron chi connectivity index (χ3n) is 3.57. The lowest BCUT2D eigenvalue weighted by atomic mass is 9.61. The third-order valence-corrected chi connectivity index (χ3v) is 3.57. The van der Waals surface area contributed by atoms with Crippen LogP contribution in [0.15, 0.2) is 0 Å². The Bertz CT molecular complexity index is 352. The fourth-order valence-corrected chi connectivity index (χ4v) is 2.59. The second-order valence-electron chi connectivity index (χ2n) is 6.03. The van der Waals surface area contributed by atoms with Crippen LogP contribution in [0, 0.1) is 5.92 Å². The Hall–Kier alpha value is -1.26. The molecule has 1 heterocycles. The number of rotatable bonds is 1. The van der Waals surface area contributed by atoms with Crippen molar-refractivity contribution in [3.8, 4) is 0 Å². The van der Waals surface area contributed by atoms with E-state index in [-0.39, 0.29) is 11.6 Å². The molecule has 0 unspecified atom stereocenters. The van der Waals surface area contributed by atoms with Gasteiger partial charge in [-0.05, 0) is 40.0 Å². The number of amides is 1.